The summed E-state index contributed by atoms with van der Waals surface area (Å²) >= 11 is 8.45. The number of halogens is 2. The van der Waals surface area contributed by atoms with E-state index in [4.69, 9.17) is 11.6 Å². The van der Waals surface area contributed by atoms with Crippen LogP contribution in [0.3, 0.4) is 0 Å². The fraction of sp³-hybridized carbons (Fsp3) is 0.235. The van der Waals surface area contributed by atoms with Gasteiger partial charge in [0.2, 0.25) is 0 Å². The van der Waals surface area contributed by atoms with E-state index in [0.717, 1.165) is 19.7 Å². The third kappa shape index (κ3) is 4.28. The molecule has 0 amide bonds. The van der Waals surface area contributed by atoms with E-state index in [2.05, 4.69) is 29.5 Å². The first-order chi connectivity index (χ1) is 9.99. The fourth-order valence-electron chi connectivity index (χ4n) is 2.14. The zero-order valence-electron chi connectivity index (χ0n) is 12.0. The summed E-state index contributed by atoms with van der Waals surface area (Å²) < 4.78 is 1.13. The second kappa shape index (κ2) is 7.38. The van der Waals surface area contributed by atoms with Gasteiger partial charge >= 0.3 is 0 Å². The van der Waals surface area contributed by atoms with E-state index in [1.165, 1.54) is 0 Å². The van der Waals surface area contributed by atoms with Crippen LogP contribution in [0.25, 0.3) is 0 Å². The third-order valence-electron chi connectivity index (χ3n) is 3.58. The van der Waals surface area contributed by atoms with Crippen molar-refractivity contribution in [3.63, 3.8) is 0 Å². The van der Waals surface area contributed by atoms with Gasteiger partial charge in [-0.1, -0.05) is 41.9 Å². The minimum absolute atomic E-state index is 0.0894. The van der Waals surface area contributed by atoms with Gasteiger partial charge < -0.3 is 0 Å². The van der Waals surface area contributed by atoms with E-state index in [9.17, 15) is 4.79 Å². The molecule has 2 rings (SSSR count). The van der Waals surface area contributed by atoms with Crippen LogP contribution in [0.2, 0.25) is 5.02 Å². The Hall–Kier alpha value is -0.910. The number of Topliss-reactive ketones (excluding diaryl/α,β-unsaturated/α-hetero) is 1. The van der Waals surface area contributed by atoms with Crippen molar-refractivity contribution in [2.45, 2.75) is 13.0 Å². The molecule has 0 bridgehead atoms. The molecule has 110 valence electrons. The lowest BCUT2D eigenvalue weighted by molar-refractivity contribution is 0.0925. The molecule has 0 fully saturated rings. The molecule has 2 nitrogen and oxygen atoms in total. The molecular weight excluding hydrogens is 397 g/mol. The molecule has 0 N–H and O–H groups in total. The fourth-order valence-corrected chi connectivity index (χ4v) is 2.80. The van der Waals surface area contributed by atoms with Gasteiger partial charge in [-0.25, -0.2) is 0 Å². The van der Waals surface area contributed by atoms with Gasteiger partial charge in [-0.3, -0.25) is 9.69 Å². The average molecular weight is 414 g/mol. The van der Waals surface area contributed by atoms with Crippen LogP contribution < -0.4 is 0 Å². The summed E-state index contributed by atoms with van der Waals surface area (Å²) in [6.45, 7) is 2.43. The van der Waals surface area contributed by atoms with Crippen LogP contribution in [-0.4, -0.2) is 24.3 Å². The first kappa shape index (κ1) is 16.5. The van der Waals surface area contributed by atoms with Gasteiger partial charge in [0.25, 0.3) is 0 Å². The van der Waals surface area contributed by atoms with Gasteiger partial charge in [0.05, 0.1) is 6.54 Å². The number of hydrogen-bond acceptors (Lipinski definition) is 2. The van der Waals surface area contributed by atoms with Crippen LogP contribution in [0.5, 0.6) is 0 Å². The van der Waals surface area contributed by atoms with Crippen LogP contribution in [-0.2, 0) is 0 Å². The Morgan fingerprint density at radius 3 is 2.43 bits per heavy atom. The first-order valence-electron chi connectivity index (χ1n) is 6.72. The van der Waals surface area contributed by atoms with Crippen molar-refractivity contribution >= 4 is 40.0 Å². The number of nitrogens with zero attached hydrogens (tertiary/aromatic N) is 1. The highest BCUT2D eigenvalue weighted by Crippen LogP contribution is 2.26. The molecule has 2 aromatic carbocycles. The number of benzene rings is 2. The predicted octanol–water partition coefficient (Wildman–Crippen LogP) is 4.82. The summed E-state index contributed by atoms with van der Waals surface area (Å²) in [7, 11) is 1.94. The molecule has 0 aromatic heterocycles. The molecular formula is C17H17ClINO. The van der Waals surface area contributed by atoms with Gasteiger partial charge in [-0.2, -0.15) is 0 Å². The first-order valence-corrected chi connectivity index (χ1v) is 8.18. The van der Waals surface area contributed by atoms with Crippen molar-refractivity contribution in [1.82, 2.24) is 4.90 Å². The van der Waals surface area contributed by atoms with Gasteiger partial charge in [0.15, 0.2) is 5.78 Å². The molecule has 0 saturated carbocycles. The molecule has 0 spiro atoms. The molecule has 0 aliphatic rings. The maximum absolute atomic E-state index is 12.3. The lowest BCUT2D eigenvalue weighted by Gasteiger charge is -2.25. The maximum atomic E-state index is 12.3. The molecule has 0 radical (unpaired) electrons. The SMILES string of the molecule is CC(c1ccccc1Cl)N(C)CC(=O)c1ccc(I)cc1. The van der Waals surface area contributed by atoms with E-state index in [-0.39, 0.29) is 11.8 Å². The van der Waals surface area contributed by atoms with Crippen LogP contribution in [0, 0.1) is 3.57 Å². The number of ketones is 1. The molecule has 1 atom stereocenters. The second-order valence-corrected chi connectivity index (χ2v) is 6.70. The Labute approximate surface area is 144 Å². The Morgan fingerprint density at radius 1 is 1.19 bits per heavy atom. The highest BCUT2D eigenvalue weighted by Gasteiger charge is 2.17. The zero-order valence-corrected chi connectivity index (χ0v) is 14.9. The Balaban J connectivity index is 2.07. The number of hydrogen-bond donors (Lipinski definition) is 0. The average Bonchev–Trinajstić information content (AvgIpc) is 2.47. The summed E-state index contributed by atoms with van der Waals surface area (Å²) in [4.78, 5) is 14.3. The number of carbonyl (C=O) groups is 1. The van der Waals surface area contributed by atoms with Crippen molar-refractivity contribution < 1.29 is 4.79 Å². The largest absolute Gasteiger partial charge is 0.293 e. The molecule has 0 aliphatic heterocycles. The van der Waals surface area contributed by atoms with Crippen molar-refractivity contribution in [2.24, 2.45) is 0 Å². The quantitative estimate of drug-likeness (QED) is 0.517. The Bertz CT molecular complexity index is 627. The number of likely N-dealkylation sites (N-methyl/N-ethyl adjacent to an activating group) is 1. The van der Waals surface area contributed by atoms with Crippen LogP contribution >= 0.6 is 34.2 Å². The molecule has 1 unspecified atom stereocenters. The van der Waals surface area contributed by atoms with E-state index >= 15 is 0 Å². The number of rotatable bonds is 5. The summed E-state index contributed by atoms with van der Waals surface area (Å²) in [5.74, 6) is 0.118. The van der Waals surface area contributed by atoms with Gasteiger partial charge in [0, 0.05) is 20.2 Å². The van der Waals surface area contributed by atoms with Crippen LogP contribution in [0.1, 0.15) is 28.9 Å². The third-order valence-corrected chi connectivity index (χ3v) is 4.64. The van der Waals surface area contributed by atoms with Crippen molar-refractivity contribution in [3.05, 3.63) is 68.3 Å². The van der Waals surface area contributed by atoms with E-state index in [1.54, 1.807) is 0 Å². The van der Waals surface area contributed by atoms with E-state index in [0.29, 0.717) is 6.54 Å². The normalized spacial score (nSPS) is 12.4. The van der Waals surface area contributed by atoms with E-state index in [1.807, 2.05) is 60.5 Å². The predicted molar refractivity (Wildman–Crippen MR) is 96.0 cm³/mol. The minimum atomic E-state index is 0.0894. The molecule has 0 saturated heterocycles. The molecule has 21 heavy (non-hydrogen) atoms. The molecule has 0 aliphatic carbocycles. The topological polar surface area (TPSA) is 20.3 Å². The molecule has 4 heteroatoms. The summed E-state index contributed by atoms with van der Waals surface area (Å²) in [5.41, 5.74) is 1.78. The lowest BCUT2D eigenvalue weighted by Crippen LogP contribution is -2.29. The maximum Gasteiger partial charge on any atom is 0.176 e. The van der Waals surface area contributed by atoms with E-state index < -0.39 is 0 Å². The summed E-state index contributed by atoms with van der Waals surface area (Å²) in [6, 6.07) is 15.5. The van der Waals surface area contributed by atoms with Crippen molar-refractivity contribution in [3.8, 4) is 0 Å². The second-order valence-electron chi connectivity index (χ2n) is 5.04. The smallest absolute Gasteiger partial charge is 0.176 e. The zero-order chi connectivity index (χ0) is 15.4. The Morgan fingerprint density at radius 2 is 1.81 bits per heavy atom. The lowest BCUT2D eigenvalue weighted by atomic mass is 10.1. The van der Waals surface area contributed by atoms with Gasteiger partial charge in [-0.15, -0.1) is 0 Å². The monoisotopic (exact) mass is 413 g/mol. The summed E-state index contributed by atoms with van der Waals surface area (Å²) in [5, 5.41) is 0.735. The minimum Gasteiger partial charge on any atom is -0.293 e. The van der Waals surface area contributed by atoms with Crippen molar-refractivity contribution in [1.29, 1.82) is 0 Å². The Kier molecular flexibility index (Phi) is 5.79. The molecule has 2 aromatic rings. The standard InChI is InChI=1S/C17H17ClINO/c1-12(15-5-3-4-6-16(15)18)20(2)11-17(21)13-7-9-14(19)10-8-13/h3-10,12H,11H2,1-2H3. The molecule has 0 heterocycles. The van der Waals surface area contributed by atoms with Crippen LogP contribution in [0.4, 0.5) is 0 Å². The highest BCUT2D eigenvalue weighted by atomic mass is 127. The summed E-state index contributed by atoms with van der Waals surface area (Å²) in [6.07, 6.45) is 0. The van der Waals surface area contributed by atoms with Gasteiger partial charge in [-0.05, 0) is 60.3 Å². The van der Waals surface area contributed by atoms with Crippen molar-refractivity contribution in [2.75, 3.05) is 13.6 Å². The van der Waals surface area contributed by atoms with Crippen LogP contribution in [0.15, 0.2) is 48.5 Å². The number of carbonyl (C=O) groups excluding carboxylic acids is 1. The van der Waals surface area contributed by atoms with Gasteiger partial charge in [0.1, 0.15) is 0 Å². The highest BCUT2D eigenvalue weighted by molar-refractivity contribution is 14.1.